The minimum absolute atomic E-state index is 0.0135. The third-order valence-corrected chi connectivity index (χ3v) is 9.70. The van der Waals surface area contributed by atoms with Gasteiger partial charge in [-0.25, -0.2) is 22.6 Å². The maximum absolute atomic E-state index is 15.6. The van der Waals surface area contributed by atoms with Crippen molar-refractivity contribution in [3.63, 3.8) is 0 Å². The number of hydrogen-bond donors (Lipinski definition) is 3. The van der Waals surface area contributed by atoms with Crippen LogP contribution in [-0.4, -0.2) is 95.7 Å². The van der Waals surface area contributed by atoms with Crippen molar-refractivity contribution in [3.8, 4) is 5.75 Å². The second-order valence-electron chi connectivity index (χ2n) is 10.9. The number of nitrogens with zero attached hydrogens (tertiary/aromatic N) is 4. The summed E-state index contributed by atoms with van der Waals surface area (Å²) in [5.41, 5.74) is 0.244. The van der Waals surface area contributed by atoms with Crippen molar-refractivity contribution in [2.24, 2.45) is 0 Å². The fourth-order valence-corrected chi connectivity index (χ4v) is 7.11. The third-order valence-electron chi connectivity index (χ3n) is 7.86. The Balaban J connectivity index is 1.19. The number of aromatic amines is 1. The molecule has 0 spiro atoms. The summed E-state index contributed by atoms with van der Waals surface area (Å²) in [5, 5.41) is 20.3. The SMILES string of the molecule is COc1c(N2CCN(CC(O)CS(=O)(=O)c3nc4ccc(Cl)cc4[nH]3)CC2)c(F)cc2c(=O)c(C(=O)O)cn(C3CC3)c12. The molecule has 1 saturated heterocycles. The van der Waals surface area contributed by atoms with Crippen LogP contribution in [0.2, 0.25) is 5.02 Å². The number of methoxy groups -OCH3 is 1. The number of aromatic carboxylic acids is 1. The van der Waals surface area contributed by atoms with Crippen molar-refractivity contribution in [2.45, 2.75) is 30.1 Å². The molecular formula is C28H29ClFN5O7S. The van der Waals surface area contributed by atoms with Crippen LogP contribution in [0.15, 0.2) is 40.4 Å². The van der Waals surface area contributed by atoms with E-state index in [9.17, 15) is 28.2 Å². The zero-order valence-corrected chi connectivity index (χ0v) is 24.7. The molecule has 1 aliphatic carbocycles. The largest absolute Gasteiger partial charge is 0.492 e. The number of ether oxygens (including phenoxy) is 1. The first-order chi connectivity index (χ1) is 20.5. The van der Waals surface area contributed by atoms with Crippen LogP contribution in [0, 0.1) is 5.82 Å². The number of fused-ring (bicyclic) bond motifs is 2. The van der Waals surface area contributed by atoms with E-state index in [4.69, 9.17) is 16.3 Å². The van der Waals surface area contributed by atoms with Gasteiger partial charge in [-0.05, 0) is 37.1 Å². The minimum Gasteiger partial charge on any atom is -0.492 e. The number of anilines is 1. The zero-order valence-electron chi connectivity index (χ0n) is 23.1. The average molecular weight is 634 g/mol. The molecule has 2 aliphatic rings. The van der Waals surface area contributed by atoms with Crippen LogP contribution < -0.4 is 15.1 Å². The van der Waals surface area contributed by atoms with Crippen molar-refractivity contribution in [2.75, 3.05) is 50.5 Å². The van der Waals surface area contributed by atoms with E-state index in [1.54, 1.807) is 27.7 Å². The molecule has 1 atom stereocenters. The molecule has 1 unspecified atom stereocenters. The van der Waals surface area contributed by atoms with Gasteiger partial charge < -0.3 is 29.4 Å². The maximum atomic E-state index is 15.6. The fourth-order valence-electron chi connectivity index (χ4n) is 5.67. The molecule has 0 amide bonds. The lowest BCUT2D eigenvalue weighted by Gasteiger charge is -2.37. The van der Waals surface area contributed by atoms with Gasteiger partial charge >= 0.3 is 5.97 Å². The van der Waals surface area contributed by atoms with Crippen molar-refractivity contribution >= 4 is 55.0 Å². The summed E-state index contributed by atoms with van der Waals surface area (Å²) >= 11 is 5.97. The van der Waals surface area contributed by atoms with E-state index in [2.05, 4.69) is 9.97 Å². The number of β-amino-alcohol motifs (C(OH)–C–C–N with tert-alkyl or cyclic N) is 1. The minimum atomic E-state index is -3.92. The topological polar surface area (TPSA) is 158 Å². The Hall–Kier alpha value is -3.72. The Kier molecular flexibility index (Phi) is 7.57. The Morgan fingerprint density at radius 1 is 1.23 bits per heavy atom. The summed E-state index contributed by atoms with van der Waals surface area (Å²) in [6, 6.07) is 5.85. The van der Waals surface area contributed by atoms with Crippen LogP contribution in [0.3, 0.4) is 0 Å². The van der Waals surface area contributed by atoms with Gasteiger partial charge in [0.25, 0.3) is 0 Å². The van der Waals surface area contributed by atoms with Crippen LogP contribution in [0.1, 0.15) is 29.2 Å². The van der Waals surface area contributed by atoms with Crippen LogP contribution >= 0.6 is 11.6 Å². The summed E-state index contributed by atoms with van der Waals surface area (Å²) < 4.78 is 48.8. The van der Waals surface area contributed by atoms with E-state index < -0.39 is 44.5 Å². The van der Waals surface area contributed by atoms with Crippen LogP contribution in [-0.2, 0) is 9.84 Å². The first-order valence-electron chi connectivity index (χ1n) is 13.7. The molecule has 0 radical (unpaired) electrons. The molecule has 0 bridgehead atoms. The summed E-state index contributed by atoms with van der Waals surface area (Å²) in [6.45, 7) is 1.55. The number of hydrogen-bond acceptors (Lipinski definition) is 9. The number of imidazole rings is 1. The molecule has 1 aliphatic heterocycles. The van der Waals surface area contributed by atoms with Crippen molar-refractivity contribution in [3.05, 3.63) is 57.1 Å². The number of piperazine rings is 1. The number of benzene rings is 2. The predicted octanol–water partition coefficient (Wildman–Crippen LogP) is 2.67. The van der Waals surface area contributed by atoms with E-state index in [1.165, 1.54) is 13.3 Å². The van der Waals surface area contributed by atoms with Gasteiger partial charge in [0.2, 0.25) is 20.4 Å². The number of sulfone groups is 1. The summed E-state index contributed by atoms with van der Waals surface area (Å²) in [5.74, 6) is -2.47. The summed E-state index contributed by atoms with van der Waals surface area (Å²) in [7, 11) is -2.54. The number of aromatic nitrogens is 3. The molecule has 15 heteroatoms. The molecule has 2 aromatic heterocycles. The highest BCUT2D eigenvalue weighted by Crippen LogP contribution is 2.43. The molecule has 228 valence electrons. The smallest absolute Gasteiger partial charge is 0.341 e. The number of carbonyl (C=O) groups is 1. The number of aliphatic hydroxyl groups is 1. The molecule has 6 rings (SSSR count). The summed E-state index contributed by atoms with van der Waals surface area (Å²) in [4.78, 5) is 35.2. The fraction of sp³-hybridized carbons (Fsp3) is 0.393. The first kappa shape index (κ1) is 29.4. The Labute approximate surface area is 250 Å². The zero-order chi connectivity index (χ0) is 30.6. The van der Waals surface area contributed by atoms with E-state index in [0.29, 0.717) is 47.8 Å². The van der Waals surface area contributed by atoms with Crippen LogP contribution in [0.5, 0.6) is 5.75 Å². The predicted molar refractivity (Wildman–Crippen MR) is 158 cm³/mol. The number of H-pyrrole nitrogens is 1. The van der Waals surface area contributed by atoms with Crippen LogP contribution in [0.25, 0.3) is 21.9 Å². The lowest BCUT2D eigenvalue weighted by atomic mass is 10.1. The first-order valence-corrected chi connectivity index (χ1v) is 15.7. The molecule has 3 heterocycles. The average Bonchev–Trinajstić information content (AvgIpc) is 3.70. The molecule has 1 saturated carbocycles. The van der Waals surface area contributed by atoms with Gasteiger partial charge in [0.05, 0.1) is 40.9 Å². The summed E-state index contributed by atoms with van der Waals surface area (Å²) in [6.07, 6.45) is 1.71. The number of halogens is 2. The molecular weight excluding hydrogens is 605 g/mol. The Morgan fingerprint density at radius 3 is 2.60 bits per heavy atom. The third kappa shape index (κ3) is 5.55. The van der Waals surface area contributed by atoms with Gasteiger partial charge in [0.15, 0.2) is 11.6 Å². The number of aliphatic hydroxyl groups excluding tert-OH is 1. The van der Waals surface area contributed by atoms with Crippen molar-refractivity contribution in [1.82, 2.24) is 19.4 Å². The second kappa shape index (κ2) is 11.1. The number of pyridine rings is 1. The second-order valence-corrected chi connectivity index (χ2v) is 13.3. The number of carboxylic acid groups (broad SMARTS) is 1. The molecule has 43 heavy (non-hydrogen) atoms. The van der Waals surface area contributed by atoms with E-state index in [0.717, 1.165) is 18.9 Å². The van der Waals surface area contributed by atoms with E-state index in [-0.39, 0.29) is 34.6 Å². The Bertz CT molecular complexity index is 1920. The monoisotopic (exact) mass is 633 g/mol. The molecule has 2 fully saturated rings. The number of carboxylic acids is 1. The van der Waals surface area contributed by atoms with Crippen LogP contribution in [0.4, 0.5) is 10.1 Å². The molecule has 2 aromatic carbocycles. The van der Waals surface area contributed by atoms with Gasteiger partial charge in [-0.2, -0.15) is 0 Å². The van der Waals surface area contributed by atoms with Crippen molar-refractivity contribution < 1.29 is 32.6 Å². The molecule has 12 nitrogen and oxygen atoms in total. The van der Waals surface area contributed by atoms with Gasteiger partial charge in [0, 0.05) is 50.0 Å². The molecule has 4 aromatic rings. The van der Waals surface area contributed by atoms with Gasteiger partial charge in [0.1, 0.15) is 11.3 Å². The number of nitrogens with one attached hydrogen (secondary N) is 1. The quantitative estimate of drug-likeness (QED) is 0.250. The lowest BCUT2D eigenvalue weighted by Crippen LogP contribution is -2.49. The van der Waals surface area contributed by atoms with E-state index in [1.807, 2.05) is 4.90 Å². The maximum Gasteiger partial charge on any atom is 0.341 e. The normalized spacial score (nSPS) is 17.1. The highest BCUT2D eigenvalue weighted by Gasteiger charge is 2.33. The Morgan fingerprint density at radius 2 is 1.95 bits per heavy atom. The molecule has 3 N–H and O–H groups in total. The number of rotatable bonds is 9. The van der Waals surface area contributed by atoms with Gasteiger partial charge in [-0.1, -0.05) is 11.6 Å². The highest BCUT2D eigenvalue weighted by molar-refractivity contribution is 7.91. The van der Waals surface area contributed by atoms with Gasteiger partial charge in [-0.3, -0.25) is 9.69 Å². The van der Waals surface area contributed by atoms with E-state index >= 15 is 4.39 Å². The highest BCUT2D eigenvalue weighted by atomic mass is 35.5. The van der Waals surface area contributed by atoms with Gasteiger partial charge in [-0.15, -0.1) is 0 Å². The lowest BCUT2D eigenvalue weighted by molar-refractivity contribution is 0.0694. The van der Waals surface area contributed by atoms with Crippen molar-refractivity contribution in [1.29, 1.82) is 0 Å². The standard InChI is InChI=1S/C28H29ClFN5O7S/c1-42-26-23-18(25(37)19(27(38)39)13-35(23)16-3-4-16)11-20(30)24(26)34-8-6-33(7-9-34)12-17(36)14-43(40,41)28-31-21-5-2-15(29)10-22(21)32-28/h2,5,10-11,13,16-17,36H,3-4,6-9,12,14H2,1H3,(H,31,32)(H,38,39).